The van der Waals surface area contributed by atoms with Crippen LogP contribution in [0, 0.1) is 0 Å². The summed E-state index contributed by atoms with van der Waals surface area (Å²) >= 11 is 4.64. The minimum absolute atomic E-state index is 0.142. The monoisotopic (exact) mass is 245 g/mol. The quantitative estimate of drug-likeness (QED) is 0.494. The Labute approximate surface area is 104 Å². The van der Waals surface area contributed by atoms with Gasteiger partial charge in [0.15, 0.2) is 5.11 Å². The maximum atomic E-state index is 5.32. The zero-order valence-corrected chi connectivity index (χ0v) is 9.78. The maximum absolute atomic E-state index is 5.32. The van der Waals surface area contributed by atoms with Crippen molar-refractivity contribution in [2.75, 3.05) is 0 Å². The van der Waals surface area contributed by atoms with Crippen molar-refractivity contribution in [1.29, 1.82) is 0 Å². The molecular formula is C12H11N3OS. The summed E-state index contributed by atoms with van der Waals surface area (Å²) in [5.41, 5.74) is 9.69. The zero-order valence-electron chi connectivity index (χ0n) is 8.96. The van der Waals surface area contributed by atoms with Gasteiger partial charge in [-0.1, -0.05) is 18.2 Å². The van der Waals surface area contributed by atoms with Gasteiger partial charge in [-0.25, -0.2) is 0 Å². The van der Waals surface area contributed by atoms with E-state index in [4.69, 9.17) is 10.2 Å². The number of hydrogen-bond acceptors (Lipinski definition) is 3. The third kappa shape index (κ3) is 3.15. The van der Waals surface area contributed by atoms with E-state index in [1.165, 1.54) is 0 Å². The van der Waals surface area contributed by atoms with Crippen molar-refractivity contribution in [2.45, 2.75) is 0 Å². The molecule has 0 bridgehead atoms. The Morgan fingerprint density at radius 2 is 2.24 bits per heavy atom. The van der Waals surface area contributed by atoms with Crippen LogP contribution < -0.4 is 11.2 Å². The van der Waals surface area contributed by atoms with E-state index in [2.05, 4.69) is 22.7 Å². The number of furan rings is 1. The van der Waals surface area contributed by atoms with Crippen LogP contribution in [0.4, 0.5) is 0 Å². The Hall–Kier alpha value is -2.14. The first-order chi connectivity index (χ1) is 8.25. The lowest BCUT2D eigenvalue weighted by Gasteiger charge is -1.99. The molecule has 17 heavy (non-hydrogen) atoms. The number of nitrogens with two attached hydrogens (primary N) is 1. The fourth-order valence-electron chi connectivity index (χ4n) is 1.39. The van der Waals surface area contributed by atoms with E-state index in [9.17, 15) is 0 Å². The van der Waals surface area contributed by atoms with Gasteiger partial charge in [-0.05, 0) is 36.0 Å². The van der Waals surface area contributed by atoms with Crippen LogP contribution in [0.25, 0.3) is 11.3 Å². The lowest BCUT2D eigenvalue weighted by atomic mass is 10.1. The van der Waals surface area contributed by atoms with Crippen molar-refractivity contribution in [3.63, 3.8) is 0 Å². The Bertz CT molecular complexity index is 534. The minimum Gasteiger partial charge on any atom is -0.464 e. The van der Waals surface area contributed by atoms with E-state index < -0.39 is 0 Å². The Kier molecular flexibility index (Phi) is 3.52. The fraction of sp³-hybridized carbons (Fsp3) is 0. The summed E-state index contributed by atoms with van der Waals surface area (Å²) in [5, 5.41) is 4.03. The third-order valence-corrected chi connectivity index (χ3v) is 2.17. The van der Waals surface area contributed by atoms with Crippen LogP contribution in [0.5, 0.6) is 0 Å². The van der Waals surface area contributed by atoms with Crippen LogP contribution in [0.1, 0.15) is 5.56 Å². The smallest absolute Gasteiger partial charge is 0.184 e. The second-order valence-electron chi connectivity index (χ2n) is 3.34. The fourth-order valence-corrected chi connectivity index (χ4v) is 1.44. The largest absolute Gasteiger partial charge is 0.464 e. The zero-order chi connectivity index (χ0) is 12.1. The van der Waals surface area contributed by atoms with Crippen molar-refractivity contribution in [3.05, 3.63) is 48.2 Å². The molecule has 3 N–H and O–H groups in total. The maximum Gasteiger partial charge on any atom is 0.184 e. The number of benzene rings is 1. The first-order valence-corrected chi connectivity index (χ1v) is 5.39. The Morgan fingerprint density at radius 1 is 1.35 bits per heavy atom. The molecule has 0 amide bonds. The van der Waals surface area contributed by atoms with Crippen molar-refractivity contribution in [1.82, 2.24) is 5.43 Å². The van der Waals surface area contributed by atoms with E-state index in [1.54, 1.807) is 12.5 Å². The molecule has 1 aromatic carbocycles. The summed E-state index contributed by atoms with van der Waals surface area (Å²) in [6.45, 7) is 0. The van der Waals surface area contributed by atoms with Gasteiger partial charge in [-0.15, -0.1) is 0 Å². The lowest BCUT2D eigenvalue weighted by Crippen LogP contribution is -2.23. The number of nitrogens with zero attached hydrogens (tertiary/aromatic N) is 1. The number of hydrogen-bond donors (Lipinski definition) is 2. The number of rotatable bonds is 3. The van der Waals surface area contributed by atoms with E-state index in [0.717, 1.165) is 16.9 Å². The topological polar surface area (TPSA) is 63.5 Å². The average molecular weight is 245 g/mol. The molecule has 0 spiro atoms. The van der Waals surface area contributed by atoms with E-state index in [1.807, 2.05) is 36.4 Å². The Balaban J connectivity index is 2.17. The van der Waals surface area contributed by atoms with Crippen LogP contribution >= 0.6 is 12.2 Å². The minimum atomic E-state index is 0.142. The lowest BCUT2D eigenvalue weighted by molar-refractivity contribution is 0.582. The standard InChI is InChI=1S/C12H11N3OS/c13-12(17)15-14-8-9-3-1-4-10(7-9)11-5-2-6-16-11/h1-8H,(H3,13,15,17). The molecule has 1 aromatic heterocycles. The predicted octanol–water partition coefficient (Wildman–Crippen LogP) is 2.11. The molecule has 2 aromatic rings. The molecule has 0 saturated heterocycles. The highest BCUT2D eigenvalue weighted by Gasteiger charge is 2.00. The molecule has 0 aliphatic rings. The summed E-state index contributed by atoms with van der Waals surface area (Å²) in [4.78, 5) is 0. The SMILES string of the molecule is NC(=S)NN=Cc1cccc(-c2ccco2)c1. The van der Waals surface area contributed by atoms with Gasteiger partial charge in [0.05, 0.1) is 12.5 Å². The second kappa shape index (κ2) is 5.27. The van der Waals surface area contributed by atoms with Crippen LogP contribution in [-0.2, 0) is 0 Å². The van der Waals surface area contributed by atoms with Crippen LogP contribution in [0.2, 0.25) is 0 Å². The molecule has 86 valence electrons. The third-order valence-electron chi connectivity index (χ3n) is 2.08. The first kappa shape index (κ1) is 11.3. The van der Waals surface area contributed by atoms with Gasteiger partial charge in [-0.2, -0.15) is 5.10 Å². The summed E-state index contributed by atoms with van der Waals surface area (Å²) in [6.07, 6.45) is 3.29. The van der Waals surface area contributed by atoms with Crippen molar-refractivity contribution in [3.8, 4) is 11.3 Å². The van der Waals surface area contributed by atoms with Gasteiger partial charge < -0.3 is 10.2 Å². The summed E-state index contributed by atoms with van der Waals surface area (Å²) < 4.78 is 5.32. The molecule has 0 saturated carbocycles. The molecule has 0 atom stereocenters. The summed E-state index contributed by atoms with van der Waals surface area (Å²) in [5.74, 6) is 0.822. The average Bonchev–Trinajstić information content (AvgIpc) is 2.82. The Morgan fingerprint density at radius 3 is 2.94 bits per heavy atom. The van der Waals surface area contributed by atoms with Crippen LogP contribution in [-0.4, -0.2) is 11.3 Å². The van der Waals surface area contributed by atoms with Gasteiger partial charge in [0, 0.05) is 5.56 Å². The first-order valence-electron chi connectivity index (χ1n) is 4.98. The second-order valence-corrected chi connectivity index (χ2v) is 3.78. The van der Waals surface area contributed by atoms with Crippen LogP contribution in [0.3, 0.4) is 0 Å². The van der Waals surface area contributed by atoms with Gasteiger partial charge in [-0.3, -0.25) is 5.43 Å². The molecule has 0 fully saturated rings. The normalized spacial score (nSPS) is 10.6. The molecule has 0 unspecified atom stereocenters. The number of nitrogens with one attached hydrogen (secondary N) is 1. The van der Waals surface area contributed by atoms with Gasteiger partial charge >= 0.3 is 0 Å². The molecule has 5 heteroatoms. The van der Waals surface area contributed by atoms with Gasteiger partial charge in [0.1, 0.15) is 5.76 Å². The number of thiocarbonyl (C=S) groups is 1. The molecule has 2 rings (SSSR count). The molecule has 0 aliphatic heterocycles. The highest BCUT2D eigenvalue weighted by molar-refractivity contribution is 7.80. The highest BCUT2D eigenvalue weighted by Crippen LogP contribution is 2.19. The number of hydrazone groups is 1. The predicted molar refractivity (Wildman–Crippen MR) is 71.7 cm³/mol. The highest BCUT2D eigenvalue weighted by atomic mass is 32.1. The molecular weight excluding hydrogens is 234 g/mol. The molecule has 4 nitrogen and oxygen atoms in total. The van der Waals surface area contributed by atoms with Gasteiger partial charge in [0.2, 0.25) is 0 Å². The van der Waals surface area contributed by atoms with Gasteiger partial charge in [0.25, 0.3) is 0 Å². The summed E-state index contributed by atoms with van der Waals surface area (Å²) in [6, 6.07) is 11.5. The van der Waals surface area contributed by atoms with Crippen molar-refractivity contribution >= 4 is 23.5 Å². The molecule has 0 aliphatic carbocycles. The summed E-state index contributed by atoms with van der Waals surface area (Å²) in [7, 11) is 0. The molecule has 0 radical (unpaired) electrons. The van der Waals surface area contributed by atoms with Crippen molar-refractivity contribution < 1.29 is 4.42 Å². The van der Waals surface area contributed by atoms with E-state index >= 15 is 0 Å². The van der Waals surface area contributed by atoms with Crippen molar-refractivity contribution in [2.24, 2.45) is 10.8 Å². The van der Waals surface area contributed by atoms with Crippen LogP contribution in [0.15, 0.2) is 52.2 Å². The van der Waals surface area contributed by atoms with E-state index in [0.29, 0.717) is 0 Å². The van der Waals surface area contributed by atoms with E-state index in [-0.39, 0.29) is 5.11 Å². The molecule has 1 heterocycles.